The molecule has 1 aliphatic carbocycles. The highest BCUT2D eigenvalue weighted by Gasteiger charge is 2.60. The van der Waals surface area contributed by atoms with Gasteiger partial charge in [-0.15, -0.1) is 0 Å². The van der Waals surface area contributed by atoms with E-state index in [1.807, 2.05) is 25.2 Å². The lowest BCUT2D eigenvalue weighted by molar-refractivity contribution is -0.312. The third-order valence-electron chi connectivity index (χ3n) is 16.5. The second kappa shape index (κ2) is 24.8. The Labute approximate surface area is 419 Å². The second-order valence-corrected chi connectivity index (χ2v) is 21.7. The molecule has 0 saturated carbocycles. The Bertz CT molecular complexity index is 1870. The number of aliphatic hydroxyl groups is 2. The van der Waals surface area contributed by atoms with Crippen LogP contribution in [0.4, 0.5) is 0 Å². The SMILES string of the molecule is CCCCCCCCN[C@@H]1[C@H](C)O[C@@H](O[C@H]2[C@H](C)O[C@@H](O[C@@H]3/C(C)=C/C[C@@H]4C[C@@H](C[C@]5(C=C[C@H](C)[C@@H](C(C)CC)O5)O4)OC(=O)[C@@H]4C=C(C)[C@@H](O)[C@H]5OC/C(=C/C=C/[C@@H]3C)[C@]54O)C[C@@H]2OC)C[C@@H]1OC. The number of carbonyl (C=O) groups is 1. The van der Waals surface area contributed by atoms with Crippen molar-refractivity contribution in [2.24, 2.45) is 23.7 Å². The first kappa shape index (κ1) is 55.4. The summed E-state index contributed by atoms with van der Waals surface area (Å²) in [6.07, 6.45) is 18.3. The Morgan fingerprint density at radius 1 is 0.857 bits per heavy atom. The van der Waals surface area contributed by atoms with E-state index in [1.54, 1.807) is 33.3 Å². The van der Waals surface area contributed by atoms with E-state index in [4.69, 9.17) is 47.4 Å². The van der Waals surface area contributed by atoms with Crippen LogP contribution in [-0.2, 0) is 52.2 Å². The van der Waals surface area contributed by atoms with E-state index < -0.39 is 66.4 Å². The van der Waals surface area contributed by atoms with Crippen molar-refractivity contribution in [2.75, 3.05) is 27.4 Å². The highest BCUT2D eigenvalue weighted by Crippen LogP contribution is 2.47. The molecule has 0 aromatic carbocycles. The van der Waals surface area contributed by atoms with E-state index in [-0.39, 0.29) is 67.0 Å². The zero-order valence-electron chi connectivity index (χ0n) is 44.2. The molecule has 4 fully saturated rings. The summed E-state index contributed by atoms with van der Waals surface area (Å²) >= 11 is 0. The molecule has 6 heterocycles. The molecule has 14 heteroatoms. The molecule has 7 rings (SSSR count). The van der Waals surface area contributed by atoms with E-state index in [2.05, 4.69) is 65.9 Å². The second-order valence-electron chi connectivity index (χ2n) is 21.7. The van der Waals surface area contributed by atoms with E-state index in [0.29, 0.717) is 43.3 Å². The van der Waals surface area contributed by atoms with Crippen molar-refractivity contribution in [3.63, 3.8) is 0 Å². The summed E-state index contributed by atoms with van der Waals surface area (Å²) in [6, 6.07) is 0.0633. The van der Waals surface area contributed by atoms with Crippen molar-refractivity contribution >= 4 is 5.97 Å². The maximum atomic E-state index is 14.4. The minimum atomic E-state index is -1.83. The number of carbonyl (C=O) groups excluding carboxylic acids is 1. The number of esters is 1. The Morgan fingerprint density at radius 3 is 2.31 bits per heavy atom. The largest absolute Gasteiger partial charge is 0.462 e. The fourth-order valence-electron chi connectivity index (χ4n) is 12.0. The summed E-state index contributed by atoms with van der Waals surface area (Å²) in [7, 11) is 3.46. The Balaban J connectivity index is 1.10. The zero-order chi connectivity index (χ0) is 50.3. The Morgan fingerprint density at radius 2 is 1.57 bits per heavy atom. The zero-order valence-corrected chi connectivity index (χ0v) is 44.2. The molecule has 3 N–H and O–H groups in total. The van der Waals surface area contributed by atoms with Gasteiger partial charge in [0.05, 0.1) is 55.4 Å². The maximum Gasteiger partial charge on any atom is 0.316 e. The highest BCUT2D eigenvalue weighted by molar-refractivity contribution is 5.78. The van der Waals surface area contributed by atoms with Crippen LogP contribution >= 0.6 is 0 Å². The quantitative estimate of drug-likeness (QED) is 0.0769. The summed E-state index contributed by atoms with van der Waals surface area (Å²) in [5.74, 6) is -2.52. The number of aliphatic hydroxyl groups excluding tert-OH is 1. The van der Waals surface area contributed by atoms with Crippen molar-refractivity contribution < 1.29 is 62.4 Å². The molecule has 6 aliphatic heterocycles. The van der Waals surface area contributed by atoms with Crippen molar-refractivity contribution in [1.29, 1.82) is 0 Å². The number of allylic oxidation sites excluding steroid dienone is 2. The number of rotatable bonds is 16. The van der Waals surface area contributed by atoms with Crippen molar-refractivity contribution in [3.05, 3.63) is 59.3 Å². The summed E-state index contributed by atoms with van der Waals surface area (Å²) < 4.78 is 65.5. The van der Waals surface area contributed by atoms with Gasteiger partial charge in [-0.2, -0.15) is 0 Å². The van der Waals surface area contributed by atoms with Crippen LogP contribution < -0.4 is 5.32 Å². The molecule has 7 aliphatic rings. The molecule has 20 atom stereocenters. The van der Waals surface area contributed by atoms with Crippen LogP contribution in [-0.4, -0.2) is 141 Å². The number of fused-ring (bicyclic) bond motifs is 2. The lowest BCUT2D eigenvalue weighted by atomic mass is 9.71. The topological polar surface area (TPSA) is 162 Å². The van der Waals surface area contributed by atoms with Crippen LogP contribution in [0.3, 0.4) is 0 Å². The molecule has 396 valence electrons. The van der Waals surface area contributed by atoms with E-state index in [9.17, 15) is 15.0 Å². The molecule has 0 radical (unpaired) electrons. The first-order valence-corrected chi connectivity index (χ1v) is 27.0. The van der Waals surface area contributed by atoms with Crippen molar-refractivity contribution in [2.45, 2.75) is 237 Å². The molecule has 1 unspecified atom stereocenters. The van der Waals surface area contributed by atoms with Crippen LogP contribution in [0.5, 0.6) is 0 Å². The van der Waals surface area contributed by atoms with Gasteiger partial charge in [0.2, 0.25) is 0 Å². The smallest absolute Gasteiger partial charge is 0.316 e. The summed E-state index contributed by atoms with van der Waals surface area (Å²) in [5, 5.41) is 27.6. The van der Waals surface area contributed by atoms with Gasteiger partial charge < -0.3 is 62.9 Å². The van der Waals surface area contributed by atoms with Gasteiger partial charge in [-0.1, -0.05) is 110 Å². The van der Waals surface area contributed by atoms with E-state index >= 15 is 0 Å². The molecule has 0 aromatic rings. The number of hydrogen-bond acceptors (Lipinski definition) is 14. The molecule has 14 nitrogen and oxygen atoms in total. The third kappa shape index (κ3) is 12.6. The average Bonchev–Trinajstić information content (AvgIpc) is 3.68. The van der Waals surface area contributed by atoms with Gasteiger partial charge in [-0.25, -0.2) is 0 Å². The predicted molar refractivity (Wildman–Crippen MR) is 266 cm³/mol. The van der Waals surface area contributed by atoms with Crippen LogP contribution in [0.1, 0.15) is 139 Å². The average molecular weight is 984 g/mol. The predicted octanol–water partition coefficient (Wildman–Crippen LogP) is 8.34. The van der Waals surface area contributed by atoms with Crippen LogP contribution in [0, 0.1) is 23.7 Å². The van der Waals surface area contributed by atoms with Crippen LogP contribution in [0.2, 0.25) is 0 Å². The lowest BCUT2D eigenvalue weighted by Gasteiger charge is -2.48. The minimum absolute atomic E-state index is 0.0418. The molecule has 2 bridgehead atoms. The minimum Gasteiger partial charge on any atom is -0.462 e. The highest BCUT2D eigenvalue weighted by atomic mass is 16.7. The van der Waals surface area contributed by atoms with Crippen molar-refractivity contribution in [1.82, 2.24) is 5.32 Å². The van der Waals surface area contributed by atoms with Gasteiger partial charge in [-0.05, 0) is 75.8 Å². The van der Waals surface area contributed by atoms with E-state index in [1.165, 1.54) is 32.1 Å². The van der Waals surface area contributed by atoms with Gasteiger partial charge in [-0.3, -0.25) is 4.79 Å². The summed E-state index contributed by atoms with van der Waals surface area (Å²) in [5.41, 5.74) is 0.188. The van der Waals surface area contributed by atoms with E-state index in [0.717, 1.165) is 25.0 Å². The number of unbranched alkanes of at least 4 members (excludes halogenated alkanes) is 5. The van der Waals surface area contributed by atoms with Crippen LogP contribution in [0.25, 0.3) is 0 Å². The molecule has 4 saturated heterocycles. The number of ether oxygens (including phenoxy) is 10. The summed E-state index contributed by atoms with van der Waals surface area (Å²) in [6.45, 7) is 19.7. The Kier molecular flexibility index (Phi) is 19.7. The van der Waals surface area contributed by atoms with Gasteiger partial charge in [0.1, 0.15) is 35.9 Å². The molecule has 0 amide bonds. The Hall–Kier alpha value is -2.31. The monoisotopic (exact) mass is 984 g/mol. The third-order valence-corrected chi connectivity index (χ3v) is 16.5. The van der Waals surface area contributed by atoms with Crippen molar-refractivity contribution in [3.8, 4) is 0 Å². The number of hydrogen-bond donors (Lipinski definition) is 3. The summed E-state index contributed by atoms with van der Waals surface area (Å²) in [4.78, 5) is 14.4. The van der Waals surface area contributed by atoms with Gasteiger partial charge in [0.25, 0.3) is 0 Å². The molecule has 0 aromatic heterocycles. The fraction of sp³-hybridized carbons (Fsp3) is 0.804. The number of methoxy groups -OCH3 is 2. The first-order chi connectivity index (χ1) is 33.5. The number of nitrogens with one attached hydrogen (secondary N) is 1. The lowest BCUT2D eigenvalue weighted by Crippen LogP contribution is -2.58. The standard InChI is InChI=1S/C56H89NO13/c1-12-14-15-16-17-18-26-57-48-38(8)64-46(29-44(48)61-10)68-52-39(9)65-47(30-45(52)62-11)67-50-34(4)20-19-21-40-32-63-53-49(58)37(7)27-43(56(40,53)60)54(59)66-42-28-41(23-22-35(50)5)69-55(31-42)25-24-36(6)51(70-55)33(3)13-2/h19-22,24-25,27,33-34,36,38-39,41-53,57-58,60H,12-18,23,26,28-32H2,1-11H3/b20-19+,35-22+,40-21-/t33?,34-,36-,38-,39-,41+,42-,43-,44-,45-,46-,47-,48+,49+,50-,51+,52-,53+,55+,56+/m0/s1. The fourth-order valence-corrected chi connectivity index (χ4v) is 12.0. The van der Waals surface area contributed by atoms with Gasteiger partial charge >= 0.3 is 5.97 Å². The van der Waals surface area contributed by atoms with Crippen LogP contribution in [0.15, 0.2) is 59.3 Å². The first-order valence-electron chi connectivity index (χ1n) is 27.0. The molecular weight excluding hydrogens is 895 g/mol. The van der Waals surface area contributed by atoms with Gasteiger partial charge in [0, 0.05) is 51.7 Å². The molecule has 70 heavy (non-hydrogen) atoms. The molecular formula is C56H89NO13. The molecule has 1 spiro atoms. The maximum absolute atomic E-state index is 14.4. The van der Waals surface area contributed by atoms with Gasteiger partial charge in [0.15, 0.2) is 18.4 Å². The normalized spacial score (nSPS) is 44.9.